The number of carbonyl (C=O) groups excluding carboxylic acids is 1. The molecule has 0 saturated carbocycles. The van der Waals surface area contributed by atoms with Crippen LogP contribution >= 0.6 is 23.1 Å². The van der Waals surface area contributed by atoms with E-state index in [2.05, 4.69) is 10.3 Å². The first kappa shape index (κ1) is 14.6. The van der Waals surface area contributed by atoms with Crippen molar-refractivity contribution in [2.45, 2.75) is 12.0 Å². The fourth-order valence-electron chi connectivity index (χ4n) is 2.16. The number of thiazole rings is 1. The van der Waals surface area contributed by atoms with Crippen LogP contribution in [0.3, 0.4) is 0 Å². The van der Waals surface area contributed by atoms with E-state index in [0.29, 0.717) is 11.4 Å². The lowest BCUT2D eigenvalue weighted by molar-refractivity contribution is 0.0611. The first-order valence-electron chi connectivity index (χ1n) is 6.76. The molecule has 6 heteroatoms. The van der Waals surface area contributed by atoms with Crippen molar-refractivity contribution in [3.63, 3.8) is 0 Å². The van der Waals surface area contributed by atoms with Crippen LogP contribution in [-0.4, -0.2) is 39.6 Å². The second-order valence-corrected chi connectivity index (χ2v) is 7.08. The molecule has 110 valence electrons. The lowest BCUT2D eigenvalue weighted by Gasteiger charge is -2.21. The van der Waals surface area contributed by atoms with Gasteiger partial charge in [0.15, 0.2) is 0 Å². The monoisotopic (exact) mass is 320 g/mol. The van der Waals surface area contributed by atoms with Crippen molar-refractivity contribution in [2.75, 3.05) is 18.1 Å². The first-order chi connectivity index (χ1) is 10.2. The smallest absolute Gasteiger partial charge is 0.270 e. The summed E-state index contributed by atoms with van der Waals surface area (Å²) in [5.74, 6) is 1.40. The van der Waals surface area contributed by atoms with Gasteiger partial charge in [0.05, 0.1) is 5.60 Å². The summed E-state index contributed by atoms with van der Waals surface area (Å²) in [6.45, 7) is 0.289. The number of carbonyl (C=O) groups is 1. The fourth-order valence-corrected chi connectivity index (χ4v) is 4.26. The SMILES string of the molecule is O=C(NCC1(O)CCSC1)c1csc(-c2ccccc2)n1. The maximum absolute atomic E-state index is 12.1. The summed E-state index contributed by atoms with van der Waals surface area (Å²) in [6, 6.07) is 9.79. The number of rotatable bonds is 4. The summed E-state index contributed by atoms with van der Waals surface area (Å²) in [7, 11) is 0. The molecule has 0 radical (unpaired) electrons. The van der Waals surface area contributed by atoms with Crippen molar-refractivity contribution in [1.82, 2.24) is 10.3 Å². The molecule has 2 aromatic rings. The van der Waals surface area contributed by atoms with E-state index >= 15 is 0 Å². The molecule has 1 aromatic carbocycles. The Kier molecular flexibility index (Phi) is 4.28. The summed E-state index contributed by atoms with van der Waals surface area (Å²) < 4.78 is 0. The van der Waals surface area contributed by atoms with Crippen molar-refractivity contribution < 1.29 is 9.90 Å². The highest BCUT2D eigenvalue weighted by Crippen LogP contribution is 2.27. The van der Waals surface area contributed by atoms with Gasteiger partial charge >= 0.3 is 0 Å². The van der Waals surface area contributed by atoms with Crippen LogP contribution in [0.5, 0.6) is 0 Å². The van der Waals surface area contributed by atoms with E-state index in [9.17, 15) is 9.90 Å². The normalized spacial score (nSPS) is 21.4. The first-order valence-corrected chi connectivity index (χ1v) is 8.79. The Bertz CT molecular complexity index is 622. The number of nitrogens with one attached hydrogen (secondary N) is 1. The van der Waals surface area contributed by atoms with Crippen LogP contribution in [0.25, 0.3) is 10.6 Å². The van der Waals surface area contributed by atoms with E-state index in [-0.39, 0.29) is 12.5 Å². The molecule has 1 amide bonds. The standard InChI is InChI=1S/C15H16N2O2S2/c18-13(16-9-15(19)6-7-20-10-15)12-8-21-14(17-12)11-4-2-1-3-5-11/h1-5,8,19H,6-7,9-10H2,(H,16,18). The molecule has 1 aliphatic heterocycles. The predicted molar refractivity (Wildman–Crippen MR) is 86.8 cm³/mol. The van der Waals surface area contributed by atoms with Crippen LogP contribution < -0.4 is 5.32 Å². The van der Waals surface area contributed by atoms with E-state index in [1.165, 1.54) is 11.3 Å². The molecule has 3 rings (SSSR count). The molecule has 21 heavy (non-hydrogen) atoms. The topological polar surface area (TPSA) is 62.2 Å². The third-order valence-corrected chi connectivity index (χ3v) is 5.54. The summed E-state index contributed by atoms with van der Waals surface area (Å²) >= 11 is 3.16. The van der Waals surface area contributed by atoms with Crippen LogP contribution in [0, 0.1) is 0 Å². The molecule has 0 aliphatic carbocycles. The Morgan fingerprint density at radius 1 is 1.38 bits per heavy atom. The van der Waals surface area contributed by atoms with Gasteiger partial charge in [-0.15, -0.1) is 11.3 Å². The minimum Gasteiger partial charge on any atom is -0.387 e. The Morgan fingerprint density at radius 2 is 2.19 bits per heavy atom. The van der Waals surface area contributed by atoms with Gasteiger partial charge in [-0.05, 0) is 12.2 Å². The molecule has 1 aliphatic rings. The molecular weight excluding hydrogens is 304 g/mol. The Labute approximate surface area is 131 Å². The highest BCUT2D eigenvalue weighted by Gasteiger charge is 2.32. The molecule has 4 nitrogen and oxygen atoms in total. The van der Waals surface area contributed by atoms with Crippen LogP contribution in [0.15, 0.2) is 35.7 Å². The maximum atomic E-state index is 12.1. The molecule has 1 fully saturated rings. The zero-order valence-electron chi connectivity index (χ0n) is 11.4. The van der Waals surface area contributed by atoms with Crippen molar-refractivity contribution in [2.24, 2.45) is 0 Å². The zero-order valence-corrected chi connectivity index (χ0v) is 13.0. The summed E-state index contributed by atoms with van der Waals surface area (Å²) in [6.07, 6.45) is 0.726. The summed E-state index contributed by atoms with van der Waals surface area (Å²) in [5.41, 5.74) is 0.652. The van der Waals surface area contributed by atoms with Crippen molar-refractivity contribution in [1.29, 1.82) is 0 Å². The predicted octanol–water partition coefficient (Wildman–Crippen LogP) is 2.41. The molecule has 2 heterocycles. The van der Waals surface area contributed by atoms with E-state index in [4.69, 9.17) is 0 Å². The number of benzene rings is 1. The van der Waals surface area contributed by atoms with E-state index in [0.717, 1.165) is 22.7 Å². The average molecular weight is 320 g/mol. The quantitative estimate of drug-likeness (QED) is 0.908. The molecule has 1 atom stereocenters. The molecule has 1 unspecified atom stereocenters. The van der Waals surface area contributed by atoms with E-state index in [1.54, 1.807) is 17.1 Å². The van der Waals surface area contributed by atoms with Crippen LogP contribution in [0.1, 0.15) is 16.9 Å². The third-order valence-electron chi connectivity index (χ3n) is 3.42. The van der Waals surface area contributed by atoms with Gasteiger partial charge in [-0.3, -0.25) is 4.79 Å². The average Bonchev–Trinajstić information content (AvgIpc) is 3.16. The lowest BCUT2D eigenvalue weighted by Crippen LogP contribution is -2.43. The van der Waals surface area contributed by atoms with Gasteiger partial charge in [-0.1, -0.05) is 30.3 Å². The number of hydrogen-bond acceptors (Lipinski definition) is 5. The minimum absolute atomic E-state index is 0.223. The van der Waals surface area contributed by atoms with Gasteiger partial charge < -0.3 is 10.4 Å². The zero-order chi connectivity index (χ0) is 14.7. The molecule has 1 saturated heterocycles. The number of aliphatic hydroxyl groups is 1. The molecule has 1 aromatic heterocycles. The van der Waals surface area contributed by atoms with Gasteiger partial charge in [-0.25, -0.2) is 4.98 Å². The van der Waals surface area contributed by atoms with Crippen LogP contribution in [0.2, 0.25) is 0 Å². The van der Waals surface area contributed by atoms with E-state index < -0.39 is 5.60 Å². The number of thioether (sulfide) groups is 1. The second-order valence-electron chi connectivity index (χ2n) is 5.11. The highest BCUT2D eigenvalue weighted by molar-refractivity contribution is 7.99. The third kappa shape index (κ3) is 3.45. The van der Waals surface area contributed by atoms with E-state index in [1.807, 2.05) is 30.3 Å². The van der Waals surface area contributed by atoms with Crippen molar-refractivity contribution in [3.8, 4) is 10.6 Å². The second kappa shape index (κ2) is 6.17. The lowest BCUT2D eigenvalue weighted by atomic mass is 10.0. The van der Waals surface area contributed by atoms with Crippen LogP contribution in [0.4, 0.5) is 0 Å². The number of nitrogens with zero attached hydrogens (tertiary/aromatic N) is 1. The molecule has 0 spiro atoms. The van der Waals surface area contributed by atoms with Gasteiger partial charge in [0.25, 0.3) is 5.91 Å². The maximum Gasteiger partial charge on any atom is 0.270 e. The van der Waals surface area contributed by atoms with Gasteiger partial charge in [0.2, 0.25) is 0 Å². The fraction of sp³-hybridized carbons (Fsp3) is 0.333. The van der Waals surface area contributed by atoms with Gasteiger partial charge in [0.1, 0.15) is 10.7 Å². The minimum atomic E-state index is -0.765. The van der Waals surface area contributed by atoms with Crippen LogP contribution in [-0.2, 0) is 0 Å². The largest absolute Gasteiger partial charge is 0.387 e. The summed E-state index contributed by atoms with van der Waals surface area (Å²) in [5, 5.41) is 15.6. The van der Waals surface area contributed by atoms with Gasteiger partial charge in [0, 0.05) is 23.2 Å². The van der Waals surface area contributed by atoms with Gasteiger partial charge in [-0.2, -0.15) is 11.8 Å². The Balaban J connectivity index is 1.64. The van der Waals surface area contributed by atoms with Crippen molar-refractivity contribution >= 4 is 29.0 Å². The highest BCUT2D eigenvalue weighted by atomic mass is 32.2. The molecule has 2 N–H and O–H groups in total. The number of aromatic nitrogens is 1. The number of hydrogen-bond donors (Lipinski definition) is 2. The Hall–Kier alpha value is -1.37. The Morgan fingerprint density at radius 3 is 2.90 bits per heavy atom. The number of amides is 1. The molecular formula is C15H16N2O2S2. The van der Waals surface area contributed by atoms with Crippen molar-refractivity contribution in [3.05, 3.63) is 41.4 Å². The molecule has 0 bridgehead atoms. The summed E-state index contributed by atoms with van der Waals surface area (Å²) in [4.78, 5) is 16.5.